The molecule has 2 nitrogen and oxygen atoms in total. The maximum absolute atomic E-state index is 11.9. The first-order valence-corrected chi connectivity index (χ1v) is 8.13. The first-order valence-electron chi connectivity index (χ1n) is 7.60. The van der Waals surface area contributed by atoms with Gasteiger partial charge in [0.25, 0.3) is 0 Å². The molecule has 2 rings (SSSR count). The van der Waals surface area contributed by atoms with Gasteiger partial charge in [0, 0.05) is 12.4 Å². The average molecular weight is 304 g/mol. The van der Waals surface area contributed by atoms with Crippen LogP contribution in [0.2, 0.25) is 0 Å². The summed E-state index contributed by atoms with van der Waals surface area (Å²) in [5.74, 6) is 0.830. The van der Waals surface area contributed by atoms with Gasteiger partial charge in [-0.15, -0.1) is 11.6 Å². The van der Waals surface area contributed by atoms with E-state index in [-0.39, 0.29) is 5.91 Å². The van der Waals surface area contributed by atoms with Crippen LogP contribution in [0.5, 0.6) is 0 Å². The highest BCUT2D eigenvalue weighted by atomic mass is 35.5. The molecule has 0 saturated carbocycles. The van der Waals surface area contributed by atoms with Crippen molar-refractivity contribution in [3.63, 3.8) is 0 Å². The molecule has 0 aromatic heterocycles. The Morgan fingerprint density at radius 2 is 1.71 bits per heavy atom. The van der Waals surface area contributed by atoms with Crippen LogP contribution in [0.25, 0.3) is 10.8 Å². The van der Waals surface area contributed by atoms with Crippen LogP contribution in [-0.4, -0.2) is 18.3 Å². The molecule has 0 heterocycles. The van der Waals surface area contributed by atoms with Crippen molar-refractivity contribution in [2.24, 2.45) is 0 Å². The highest BCUT2D eigenvalue weighted by Crippen LogP contribution is 2.15. The summed E-state index contributed by atoms with van der Waals surface area (Å²) in [5, 5.41) is 5.38. The number of rotatable bonds is 8. The van der Waals surface area contributed by atoms with E-state index < -0.39 is 0 Å². The summed E-state index contributed by atoms with van der Waals surface area (Å²) in [6.07, 6.45) is 4.81. The third kappa shape index (κ3) is 5.39. The van der Waals surface area contributed by atoms with Gasteiger partial charge in [-0.2, -0.15) is 0 Å². The van der Waals surface area contributed by atoms with Crippen LogP contribution in [0.1, 0.15) is 31.2 Å². The second-order valence-electron chi connectivity index (χ2n) is 5.31. The minimum absolute atomic E-state index is 0.0997. The molecule has 0 bridgehead atoms. The minimum atomic E-state index is 0.0997. The molecular formula is C18H22ClNO. The number of halogens is 1. The zero-order chi connectivity index (χ0) is 14.9. The molecule has 1 amide bonds. The van der Waals surface area contributed by atoms with Crippen LogP contribution in [0.3, 0.4) is 0 Å². The highest BCUT2D eigenvalue weighted by molar-refractivity contribution is 6.17. The van der Waals surface area contributed by atoms with Crippen molar-refractivity contribution in [2.75, 3.05) is 12.4 Å². The fourth-order valence-electron chi connectivity index (χ4n) is 2.40. The second kappa shape index (κ2) is 8.68. The van der Waals surface area contributed by atoms with Gasteiger partial charge in [-0.05, 0) is 29.2 Å². The number of fused-ring (bicyclic) bond motifs is 1. The lowest BCUT2D eigenvalue weighted by atomic mass is 10.0. The van der Waals surface area contributed by atoms with E-state index in [1.54, 1.807) is 0 Å². The Morgan fingerprint density at radius 3 is 2.52 bits per heavy atom. The lowest BCUT2D eigenvalue weighted by Gasteiger charge is -2.06. The monoisotopic (exact) mass is 303 g/mol. The van der Waals surface area contributed by atoms with Gasteiger partial charge in [0.2, 0.25) is 5.91 Å². The van der Waals surface area contributed by atoms with Gasteiger partial charge in [0.05, 0.1) is 6.42 Å². The second-order valence-corrected chi connectivity index (χ2v) is 5.69. The quantitative estimate of drug-likeness (QED) is 0.572. The highest BCUT2D eigenvalue weighted by Gasteiger charge is 2.03. The number of carbonyl (C=O) groups excluding carboxylic acids is 1. The molecule has 0 aliphatic carbocycles. The molecule has 112 valence electrons. The molecule has 0 aliphatic rings. The van der Waals surface area contributed by atoms with Crippen molar-refractivity contribution in [3.8, 4) is 0 Å². The predicted octanol–water partition coefficient (Wildman–Crippen LogP) is 4.30. The maximum Gasteiger partial charge on any atom is 0.224 e. The lowest BCUT2D eigenvalue weighted by Crippen LogP contribution is -2.26. The maximum atomic E-state index is 11.9. The van der Waals surface area contributed by atoms with Crippen LogP contribution in [0.4, 0.5) is 0 Å². The van der Waals surface area contributed by atoms with Gasteiger partial charge in [-0.3, -0.25) is 4.79 Å². The Bertz CT molecular complexity index is 582. The zero-order valence-corrected chi connectivity index (χ0v) is 13.0. The predicted molar refractivity (Wildman–Crippen MR) is 89.8 cm³/mol. The molecule has 0 saturated heterocycles. The molecule has 0 spiro atoms. The van der Waals surface area contributed by atoms with E-state index >= 15 is 0 Å². The van der Waals surface area contributed by atoms with Crippen molar-refractivity contribution < 1.29 is 4.79 Å². The van der Waals surface area contributed by atoms with E-state index in [0.29, 0.717) is 6.42 Å². The van der Waals surface area contributed by atoms with Gasteiger partial charge in [-0.25, -0.2) is 0 Å². The molecular weight excluding hydrogens is 282 g/mol. The Hall–Kier alpha value is -1.54. The molecule has 0 atom stereocenters. The van der Waals surface area contributed by atoms with E-state index in [1.165, 1.54) is 10.8 Å². The van der Waals surface area contributed by atoms with Gasteiger partial charge < -0.3 is 5.32 Å². The standard InChI is InChI=1S/C18H22ClNO/c19-11-5-1-2-6-12-20-18(21)14-15-9-10-16-7-3-4-8-17(16)13-15/h3-4,7-10,13H,1-2,5-6,11-12,14H2,(H,20,21). The Morgan fingerprint density at radius 1 is 0.952 bits per heavy atom. The van der Waals surface area contributed by atoms with Crippen LogP contribution >= 0.6 is 11.6 Å². The van der Waals surface area contributed by atoms with Crippen LogP contribution in [0, 0.1) is 0 Å². The van der Waals surface area contributed by atoms with Gasteiger partial charge >= 0.3 is 0 Å². The third-order valence-electron chi connectivity index (χ3n) is 3.56. The van der Waals surface area contributed by atoms with Crippen LogP contribution in [0.15, 0.2) is 42.5 Å². The molecule has 0 radical (unpaired) electrons. The summed E-state index contributed by atoms with van der Waals surface area (Å²) in [7, 11) is 0. The van der Waals surface area contributed by atoms with Crippen molar-refractivity contribution in [2.45, 2.75) is 32.1 Å². The molecule has 0 fully saturated rings. The fraction of sp³-hybridized carbons (Fsp3) is 0.389. The molecule has 21 heavy (non-hydrogen) atoms. The fourth-order valence-corrected chi connectivity index (χ4v) is 2.59. The molecule has 0 unspecified atom stereocenters. The zero-order valence-electron chi connectivity index (χ0n) is 12.3. The third-order valence-corrected chi connectivity index (χ3v) is 3.83. The van der Waals surface area contributed by atoms with E-state index in [1.807, 2.05) is 18.2 Å². The molecule has 2 aromatic rings. The molecule has 1 N–H and O–H groups in total. The smallest absolute Gasteiger partial charge is 0.224 e. The van der Waals surface area contributed by atoms with E-state index in [4.69, 9.17) is 11.6 Å². The SMILES string of the molecule is O=C(Cc1ccc2ccccc2c1)NCCCCCCCl. The van der Waals surface area contributed by atoms with E-state index in [2.05, 4.69) is 29.6 Å². The van der Waals surface area contributed by atoms with Gasteiger partial charge in [0.1, 0.15) is 0 Å². The summed E-state index contributed by atoms with van der Waals surface area (Å²) >= 11 is 5.63. The number of carbonyl (C=O) groups is 1. The summed E-state index contributed by atoms with van der Waals surface area (Å²) in [4.78, 5) is 11.9. The largest absolute Gasteiger partial charge is 0.356 e. The van der Waals surface area contributed by atoms with Crippen molar-refractivity contribution >= 4 is 28.3 Å². The van der Waals surface area contributed by atoms with Gasteiger partial charge in [-0.1, -0.05) is 55.3 Å². The van der Waals surface area contributed by atoms with Crippen LogP contribution < -0.4 is 5.32 Å². The Labute approximate surface area is 131 Å². The van der Waals surface area contributed by atoms with Crippen molar-refractivity contribution in [3.05, 3.63) is 48.0 Å². The number of amides is 1. The first-order chi connectivity index (χ1) is 10.3. The number of hydrogen-bond donors (Lipinski definition) is 1. The molecule has 3 heteroatoms. The van der Waals surface area contributed by atoms with Crippen molar-refractivity contribution in [1.29, 1.82) is 0 Å². The Kier molecular flexibility index (Phi) is 6.55. The number of nitrogens with one attached hydrogen (secondary N) is 1. The summed E-state index contributed by atoms with van der Waals surface area (Å²) in [6, 6.07) is 14.4. The average Bonchev–Trinajstić information content (AvgIpc) is 2.50. The topological polar surface area (TPSA) is 29.1 Å². The summed E-state index contributed by atoms with van der Waals surface area (Å²) < 4.78 is 0. The van der Waals surface area contributed by atoms with E-state index in [0.717, 1.165) is 43.7 Å². The summed E-state index contributed by atoms with van der Waals surface area (Å²) in [5.41, 5.74) is 1.06. The minimum Gasteiger partial charge on any atom is -0.356 e. The number of unbranched alkanes of at least 4 members (excludes halogenated alkanes) is 3. The number of benzene rings is 2. The number of hydrogen-bond acceptors (Lipinski definition) is 1. The Balaban J connectivity index is 1.76. The molecule has 2 aromatic carbocycles. The lowest BCUT2D eigenvalue weighted by molar-refractivity contribution is -0.120. The first kappa shape index (κ1) is 15.8. The van der Waals surface area contributed by atoms with E-state index in [9.17, 15) is 4.79 Å². The van der Waals surface area contributed by atoms with Crippen molar-refractivity contribution in [1.82, 2.24) is 5.32 Å². The van der Waals surface area contributed by atoms with Crippen LogP contribution in [-0.2, 0) is 11.2 Å². The molecule has 0 aliphatic heterocycles. The number of alkyl halides is 1. The normalized spacial score (nSPS) is 10.7. The summed E-state index contributed by atoms with van der Waals surface area (Å²) in [6.45, 7) is 0.759. The van der Waals surface area contributed by atoms with Gasteiger partial charge in [0.15, 0.2) is 0 Å².